The zero-order chi connectivity index (χ0) is 34.6. The van der Waals surface area contributed by atoms with Crippen molar-refractivity contribution in [2.24, 2.45) is 81.3 Å². The fraction of sp³-hybridized carbons (Fsp3) is 0.783. The summed E-state index contributed by atoms with van der Waals surface area (Å²) in [5.41, 5.74) is 3.93. The molecule has 16 atom stereocenters. The molecule has 0 amide bonds. The van der Waals surface area contributed by atoms with Crippen LogP contribution < -0.4 is 0 Å². The van der Waals surface area contributed by atoms with Crippen LogP contribution >= 0.6 is 0 Å². The summed E-state index contributed by atoms with van der Waals surface area (Å²) in [7, 11) is 0. The van der Waals surface area contributed by atoms with Crippen LogP contribution in [-0.4, -0.2) is 28.1 Å². The van der Waals surface area contributed by atoms with Crippen molar-refractivity contribution in [2.75, 3.05) is 0 Å². The molecule has 0 aromatic heterocycles. The molecule has 8 saturated carbocycles. The van der Waals surface area contributed by atoms with Gasteiger partial charge in [0.25, 0.3) is 0 Å². The molecule has 1 spiro atoms. The molecule has 268 valence electrons. The first kappa shape index (κ1) is 32.5. The first-order valence-corrected chi connectivity index (χ1v) is 21.0. The Morgan fingerprint density at radius 1 is 0.940 bits per heavy atom. The van der Waals surface area contributed by atoms with E-state index < -0.39 is 5.60 Å². The third-order valence-corrected chi connectivity index (χ3v) is 18.9. The number of terminal acetylenes is 1. The maximum absolute atomic E-state index is 12.2. The molecule has 4 heteroatoms. The molecular weight excluding hydrogens is 617 g/mol. The van der Waals surface area contributed by atoms with Gasteiger partial charge >= 0.3 is 5.97 Å². The second-order valence-electron chi connectivity index (χ2n) is 20.1. The highest BCUT2D eigenvalue weighted by molar-refractivity contribution is 5.92. The van der Waals surface area contributed by atoms with Crippen LogP contribution in [0.15, 0.2) is 35.5 Å². The van der Waals surface area contributed by atoms with Crippen molar-refractivity contribution in [3.05, 3.63) is 35.5 Å². The largest absolute Gasteiger partial charge is 0.458 e. The molecule has 4 nitrogen and oxygen atoms in total. The predicted molar refractivity (Wildman–Crippen MR) is 194 cm³/mol. The first-order chi connectivity index (χ1) is 24.0. The number of carbonyl (C=O) groups is 2. The smallest absolute Gasteiger partial charge is 0.306 e. The van der Waals surface area contributed by atoms with Crippen LogP contribution in [0.4, 0.5) is 0 Å². The van der Waals surface area contributed by atoms with Crippen LogP contribution in [0.25, 0.3) is 0 Å². The highest BCUT2D eigenvalue weighted by Crippen LogP contribution is 2.82. The van der Waals surface area contributed by atoms with Gasteiger partial charge in [-0.1, -0.05) is 56.1 Å². The van der Waals surface area contributed by atoms with Gasteiger partial charge in [0.2, 0.25) is 0 Å². The van der Waals surface area contributed by atoms with Crippen LogP contribution in [-0.2, 0) is 14.3 Å². The number of hydrogen-bond acceptors (Lipinski definition) is 4. The Labute approximate surface area is 300 Å². The SMILES string of the molecule is C#C[C@]1(O)CC[C@H]2[C@@H]3CCC4=CCCC[C@@H]4[C@H]3C(=C)C[C@@]21CC.C[C@]12CCC(=O)C=C1[C@@H]1C[C@@H]1[C@H]1[C@@H]3[C@@H]4C[C@@H]4[C@@]4(CCC(=O)O4)[C@@]3(C)CC[C@@H]12. The third-order valence-electron chi connectivity index (χ3n) is 18.9. The first-order valence-electron chi connectivity index (χ1n) is 21.0. The van der Waals surface area contributed by atoms with Gasteiger partial charge in [0.05, 0.1) is 0 Å². The molecule has 10 aliphatic carbocycles. The van der Waals surface area contributed by atoms with Gasteiger partial charge in [-0.05, 0) is 167 Å². The van der Waals surface area contributed by atoms with Gasteiger partial charge in [-0.2, -0.15) is 0 Å². The molecule has 1 N–H and O–H groups in total. The van der Waals surface area contributed by atoms with E-state index in [0.717, 1.165) is 80.5 Å². The van der Waals surface area contributed by atoms with Gasteiger partial charge in [0.15, 0.2) is 5.78 Å². The average Bonchev–Trinajstić information content (AvgIpc) is 4.01. The lowest BCUT2D eigenvalue weighted by molar-refractivity contribution is -0.177. The lowest BCUT2D eigenvalue weighted by atomic mass is 9.45. The quantitative estimate of drug-likeness (QED) is 0.171. The maximum atomic E-state index is 12.2. The van der Waals surface area contributed by atoms with E-state index in [4.69, 9.17) is 11.2 Å². The fourth-order valence-corrected chi connectivity index (χ4v) is 16.8. The molecule has 0 radical (unpaired) electrons. The molecule has 50 heavy (non-hydrogen) atoms. The van der Waals surface area contributed by atoms with E-state index in [1.807, 2.05) is 0 Å². The summed E-state index contributed by atoms with van der Waals surface area (Å²) < 4.78 is 6.22. The normalized spacial score (nSPS) is 55.9. The summed E-state index contributed by atoms with van der Waals surface area (Å²) in [6.07, 6.45) is 29.2. The van der Waals surface area contributed by atoms with E-state index >= 15 is 0 Å². The van der Waals surface area contributed by atoms with Gasteiger partial charge in [-0.15, -0.1) is 6.42 Å². The fourth-order valence-electron chi connectivity index (χ4n) is 16.8. The number of aliphatic hydroxyl groups is 1. The Bertz CT molecular complexity index is 1660. The van der Waals surface area contributed by atoms with E-state index in [1.54, 1.807) is 5.57 Å². The molecular formula is C46H60O4. The molecule has 1 aliphatic heterocycles. The third kappa shape index (κ3) is 3.90. The zero-order valence-electron chi connectivity index (χ0n) is 31.0. The second kappa shape index (κ2) is 10.5. The van der Waals surface area contributed by atoms with Crippen molar-refractivity contribution >= 4 is 11.8 Å². The molecule has 0 aromatic carbocycles. The number of esters is 1. The maximum Gasteiger partial charge on any atom is 0.306 e. The van der Waals surface area contributed by atoms with Crippen LogP contribution in [0.2, 0.25) is 0 Å². The van der Waals surface area contributed by atoms with Crippen molar-refractivity contribution in [1.29, 1.82) is 0 Å². The molecule has 9 fully saturated rings. The molecule has 0 aromatic rings. The Morgan fingerprint density at radius 3 is 2.52 bits per heavy atom. The number of fused-ring (bicyclic) bond motifs is 17. The Kier molecular flexibility index (Phi) is 6.84. The standard InChI is InChI=1S/C24H30O3.C22H30O/c1-22-6-3-12(25)9-17(22)13-10-14(13)20-16(22)4-7-23(2)21(20)15-11-18(15)24(23)8-5-19(26)27-24;1-4-21-14-15(3)20-17-9-7-6-8-16(17)10-11-18(20)19(21)12-13-22(21,23)5-2/h9,13-16,18,20-21H,3-8,10-11H2,1-2H3;2,8,17-20,23H,3-4,6-7,9-14H2,1H3/t13-,14+,15-,16+,18+,20-,21+,22-,23+,24+;17-,18-,19-,20+,21-,22-/m10/s1. The molecule has 1 saturated heterocycles. The lowest BCUT2D eigenvalue weighted by Gasteiger charge is -2.60. The van der Waals surface area contributed by atoms with Gasteiger partial charge in [0, 0.05) is 29.6 Å². The zero-order valence-corrected chi connectivity index (χ0v) is 31.0. The van der Waals surface area contributed by atoms with Crippen molar-refractivity contribution < 1.29 is 19.4 Å². The number of hydrogen-bond donors (Lipinski definition) is 1. The van der Waals surface area contributed by atoms with Crippen molar-refractivity contribution in [1.82, 2.24) is 0 Å². The highest BCUT2D eigenvalue weighted by atomic mass is 16.6. The number of allylic oxidation sites excluding steroid dienone is 4. The van der Waals surface area contributed by atoms with E-state index in [0.29, 0.717) is 41.8 Å². The van der Waals surface area contributed by atoms with Crippen molar-refractivity contribution in [3.63, 3.8) is 0 Å². The number of carbonyl (C=O) groups excluding carboxylic acids is 2. The number of rotatable bonds is 1. The minimum Gasteiger partial charge on any atom is -0.458 e. The van der Waals surface area contributed by atoms with Crippen molar-refractivity contribution in [2.45, 2.75) is 141 Å². The summed E-state index contributed by atoms with van der Waals surface area (Å²) in [6.45, 7) is 11.7. The Hall–Kier alpha value is -2.12. The predicted octanol–water partition coefficient (Wildman–Crippen LogP) is 9.18. The summed E-state index contributed by atoms with van der Waals surface area (Å²) in [5, 5.41) is 11.2. The number of ketones is 1. The Balaban J connectivity index is 0.000000129. The molecule has 11 aliphatic rings. The molecule has 0 bridgehead atoms. The van der Waals surface area contributed by atoms with E-state index in [-0.39, 0.29) is 27.8 Å². The van der Waals surface area contributed by atoms with Gasteiger partial charge in [0.1, 0.15) is 11.2 Å². The highest BCUT2D eigenvalue weighted by Gasteiger charge is 2.81. The molecule has 1 heterocycles. The number of ether oxygens (including phenoxy) is 1. The van der Waals surface area contributed by atoms with Crippen LogP contribution in [0.5, 0.6) is 0 Å². The van der Waals surface area contributed by atoms with Crippen molar-refractivity contribution in [3.8, 4) is 12.3 Å². The second-order valence-corrected chi connectivity index (χ2v) is 20.1. The minimum absolute atomic E-state index is 0.0561. The topological polar surface area (TPSA) is 63.6 Å². The van der Waals surface area contributed by atoms with Crippen LogP contribution in [0, 0.1) is 93.7 Å². The minimum atomic E-state index is -0.914. The summed E-state index contributed by atoms with van der Waals surface area (Å²) in [5.74, 6) is 11.1. The van der Waals surface area contributed by atoms with E-state index in [9.17, 15) is 14.7 Å². The van der Waals surface area contributed by atoms with Gasteiger partial charge in [-0.25, -0.2) is 0 Å². The average molecular weight is 677 g/mol. The monoisotopic (exact) mass is 676 g/mol. The van der Waals surface area contributed by atoms with E-state index in [2.05, 4.69) is 45.4 Å². The summed E-state index contributed by atoms with van der Waals surface area (Å²) >= 11 is 0. The summed E-state index contributed by atoms with van der Waals surface area (Å²) in [4.78, 5) is 24.3. The van der Waals surface area contributed by atoms with E-state index in [1.165, 1.54) is 68.9 Å². The van der Waals surface area contributed by atoms with Crippen LogP contribution in [0.1, 0.15) is 130 Å². The molecule has 11 rings (SSSR count). The summed E-state index contributed by atoms with van der Waals surface area (Å²) in [6, 6.07) is 0. The van der Waals surface area contributed by atoms with Gasteiger partial charge < -0.3 is 9.84 Å². The lowest BCUT2D eigenvalue weighted by Crippen LogP contribution is -2.57. The Morgan fingerprint density at radius 2 is 1.76 bits per heavy atom. The van der Waals surface area contributed by atoms with Gasteiger partial charge in [-0.3, -0.25) is 9.59 Å². The van der Waals surface area contributed by atoms with Crippen LogP contribution in [0.3, 0.4) is 0 Å². The molecule has 0 unspecified atom stereocenters.